The fraction of sp³-hybridized carbons (Fsp3) is 0.167. The molecule has 0 fully saturated rings. The zero-order chi connectivity index (χ0) is 22.6. The average molecular weight is 426 g/mol. The standard InChI is InChI=1S/C24H21F3N2O2/c1-3-28-22(30)17-9-8-15(2)21(14-17)29-23(31)20-7-5-4-6-19(20)16-10-12-18(13-11-16)24(25,26)27/h4-14H,3H2,1-2H3,(H,28,30)(H,29,31). The van der Waals surface area contributed by atoms with Gasteiger partial charge in [0.05, 0.1) is 5.56 Å². The molecule has 0 saturated heterocycles. The molecular formula is C24H21F3N2O2. The van der Waals surface area contributed by atoms with Crippen LogP contribution >= 0.6 is 0 Å². The van der Waals surface area contributed by atoms with E-state index in [1.165, 1.54) is 12.1 Å². The van der Waals surface area contributed by atoms with E-state index in [9.17, 15) is 22.8 Å². The van der Waals surface area contributed by atoms with Gasteiger partial charge >= 0.3 is 6.18 Å². The molecule has 0 heterocycles. The fourth-order valence-corrected chi connectivity index (χ4v) is 3.12. The van der Waals surface area contributed by atoms with Gasteiger partial charge in [0.15, 0.2) is 0 Å². The van der Waals surface area contributed by atoms with Crippen molar-refractivity contribution in [1.29, 1.82) is 0 Å². The number of aryl methyl sites for hydroxylation is 1. The molecule has 160 valence electrons. The van der Waals surface area contributed by atoms with Gasteiger partial charge in [-0.2, -0.15) is 13.2 Å². The van der Waals surface area contributed by atoms with Crippen molar-refractivity contribution in [2.45, 2.75) is 20.0 Å². The Labute approximate surface area is 178 Å². The Morgan fingerprint density at radius 3 is 2.23 bits per heavy atom. The second kappa shape index (κ2) is 9.04. The van der Waals surface area contributed by atoms with E-state index >= 15 is 0 Å². The summed E-state index contributed by atoms with van der Waals surface area (Å²) in [5.74, 6) is -0.671. The monoisotopic (exact) mass is 426 g/mol. The lowest BCUT2D eigenvalue weighted by atomic mass is 9.98. The molecule has 0 spiro atoms. The first-order chi connectivity index (χ1) is 14.7. The third-order valence-corrected chi connectivity index (χ3v) is 4.78. The van der Waals surface area contributed by atoms with Crippen LogP contribution in [0.5, 0.6) is 0 Å². The summed E-state index contributed by atoms with van der Waals surface area (Å²) in [7, 11) is 0. The van der Waals surface area contributed by atoms with E-state index in [2.05, 4.69) is 10.6 Å². The van der Waals surface area contributed by atoms with E-state index < -0.39 is 17.6 Å². The SMILES string of the molecule is CCNC(=O)c1ccc(C)c(NC(=O)c2ccccc2-c2ccc(C(F)(F)F)cc2)c1. The van der Waals surface area contributed by atoms with E-state index in [1.54, 1.807) is 49.4 Å². The first-order valence-corrected chi connectivity index (χ1v) is 9.67. The molecule has 0 saturated carbocycles. The smallest absolute Gasteiger partial charge is 0.352 e. The number of benzene rings is 3. The number of alkyl halides is 3. The molecule has 0 aliphatic carbocycles. The zero-order valence-electron chi connectivity index (χ0n) is 17.0. The second-order valence-corrected chi connectivity index (χ2v) is 6.96. The molecule has 3 rings (SSSR count). The topological polar surface area (TPSA) is 58.2 Å². The van der Waals surface area contributed by atoms with Crippen molar-refractivity contribution in [3.63, 3.8) is 0 Å². The largest absolute Gasteiger partial charge is 0.416 e. The highest BCUT2D eigenvalue weighted by Crippen LogP contribution is 2.32. The van der Waals surface area contributed by atoms with Crippen LogP contribution in [0.15, 0.2) is 66.7 Å². The molecule has 0 radical (unpaired) electrons. The van der Waals surface area contributed by atoms with Crippen molar-refractivity contribution >= 4 is 17.5 Å². The van der Waals surface area contributed by atoms with Crippen LogP contribution in [0.25, 0.3) is 11.1 Å². The third-order valence-electron chi connectivity index (χ3n) is 4.78. The molecule has 0 unspecified atom stereocenters. The molecule has 0 aliphatic heterocycles. The molecule has 0 bridgehead atoms. The quantitative estimate of drug-likeness (QED) is 0.551. The number of nitrogens with one attached hydrogen (secondary N) is 2. The number of rotatable bonds is 5. The van der Waals surface area contributed by atoms with Crippen molar-refractivity contribution in [3.8, 4) is 11.1 Å². The number of hydrogen-bond acceptors (Lipinski definition) is 2. The average Bonchev–Trinajstić information content (AvgIpc) is 2.75. The summed E-state index contributed by atoms with van der Waals surface area (Å²) in [5.41, 5.74) is 2.22. The Morgan fingerprint density at radius 2 is 1.58 bits per heavy atom. The molecular weight excluding hydrogens is 405 g/mol. The number of anilines is 1. The molecule has 0 atom stereocenters. The van der Waals surface area contributed by atoms with Gasteiger partial charge in [0.1, 0.15) is 0 Å². The summed E-state index contributed by atoms with van der Waals surface area (Å²) in [6.07, 6.45) is -4.43. The summed E-state index contributed by atoms with van der Waals surface area (Å²) in [5, 5.41) is 5.52. The van der Waals surface area contributed by atoms with Gasteiger partial charge in [-0.25, -0.2) is 0 Å². The van der Waals surface area contributed by atoms with Crippen LogP contribution in [0.2, 0.25) is 0 Å². The van der Waals surface area contributed by atoms with E-state index in [1.807, 2.05) is 6.92 Å². The molecule has 3 aromatic rings. The summed E-state index contributed by atoms with van der Waals surface area (Å²) in [6.45, 7) is 4.10. The minimum absolute atomic E-state index is 0.247. The molecule has 2 amide bonds. The first-order valence-electron chi connectivity index (χ1n) is 9.67. The zero-order valence-corrected chi connectivity index (χ0v) is 17.0. The fourth-order valence-electron chi connectivity index (χ4n) is 3.12. The highest BCUT2D eigenvalue weighted by atomic mass is 19.4. The first kappa shape index (κ1) is 22.1. The van der Waals surface area contributed by atoms with E-state index in [4.69, 9.17) is 0 Å². The second-order valence-electron chi connectivity index (χ2n) is 6.96. The summed E-state index contributed by atoms with van der Waals surface area (Å²) in [6, 6.07) is 16.3. The van der Waals surface area contributed by atoms with Gasteiger partial charge in [-0.3, -0.25) is 9.59 Å². The molecule has 31 heavy (non-hydrogen) atoms. The van der Waals surface area contributed by atoms with Gasteiger partial charge in [0, 0.05) is 23.4 Å². The van der Waals surface area contributed by atoms with E-state index in [0.29, 0.717) is 34.5 Å². The predicted octanol–water partition coefficient (Wildman–Crippen LogP) is 5.68. The lowest BCUT2D eigenvalue weighted by Gasteiger charge is -2.14. The van der Waals surface area contributed by atoms with Crippen molar-refractivity contribution in [2.24, 2.45) is 0 Å². The van der Waals surface area contributed by atoms with Gasteiger partial charge in [-0.05, 0) is 60.9 Å². The highest BCUT2D eigenvalue weighted by Gasteiger charge is 2.30. The maximum Gasteiger partial charge on any atom is 0.416 e. The highest BCUT2D eigenvalue weighted by molar-refractivity contribution is 6.09. The van der Waals surface area contributed by atoms with Crippen LogP contribution in [0, 0.1) is 6.92 Å². The summed E-state index contributed by atoms with van der Waals surface area (Å²) >= 11 is 0. The van der Waals surface area contributed by atoms with Gasteiger partial charge in [-0.15, -0.1) is 0 Å². The van der Waals surface area contributed by atoms with Gasteiger partial charge in [-0.1, -0.05) is 36.4 Å². The van der Waals surface area contributed by atoms with Gasteiger partial charge < -0.3 is 10.6 Å². The van der Waals surface area contributed by atoms with E-state index in [-0.39, 0.29) is 5.91 Å². The molecule has 3 aromatic carbocycles. The number of carbonyl (C=O) groups excluding carboxylic acids is 2. The lowest BCUT2D eigenvalue weighted by Crippen LogP contribution is -2.23. The van der Waals surface area contributed by atoms with Gasteiger partial charge in [0.2, 0.25) is 0 Å². The normalized spacial score (nSPS) is 11.1. The van der Waals surface area contributed by atoms with Crippen LogP contribution in [0.1, 0.15) is 38.8 Å². The predicted molar refractivity (Wildman–Crippen MR) is 114 cm³/mol. The molecule has 0 aliphatic rings. The minimum atomic E-state index is -4.43. The Bertz CT molecular complexity index is 1110. The van der Waals surface area contributed by atoms with E-state index in [0.717, 1.165) is 17.7 Å². The van der Waals surface area contributed by atoms with Crippen LogP contribution < -0.4 is 10.6 Å². The van der Waals surface area contributed by atoms with Crippen LogP contribution in [0.4, 0.5) is 18.9 Å². The summed E-state index contributed by atoms with van der Waals surface area (Å²) < 4.78 is 38.6. The Hall–Kier alpha value is -3.61. The number of hydrogen-bond donors (Lipinski definition) is 2. The maximum absolute atomic E-state index is 13.0. The summed E-state index contributed by atoms with van der Waals surface area (Å²) in [4.78, 5) is 25.1. The number of amides is 2. The lowest BCUT2D eigenvalue weighted by molar-refractivity contribution is -0.137. The number of halogens is 3. The number of carbonyl (C=O) groups is 2. The maximum atomic E-state index is 13.0. The molecule has 0 aromatic heterocycles. The minimum Gasteiger partial charge on any atom is -0.352 e. The third kappa shape index (κ3) is 5.12. The van der Waals surface area contributed by atoms with Crippen molar-refractivity contribution < 1.29 is 22.8 Å². The van der Waals surface area contributed by atoms with Crippen molar-refractivity contribution in [1.82, 2.24) is 5.32 Å². The van der Waals surface area contributed by atoms with Crippen LogP contribution in [0.3, 0.4) is 0 Å². The van der Waals surface area contributed by atoms with Crippen LogP contribution in [-0.2, 0) is 6.18 Å². The van der Waals surface area contributed by atoms with Gasteiger partial charge in [0.25, 0.3) is 11.8 Å². The Morgan fingerprint density at radius 1 is 0.903 bits per heavy atom. The van der Waals surface area contributed by atoms with Crippen molar-refractivity contribution in [2.75, 3.05) is 11.9 Å². The molecule has 7 heteroatoms. The van der Waals surface area contributed by atoms with Crippen molar-refractivity contribution in [3.05, 3.63) is 89.0 Å². The molecule has 4 nitrogen and oxygen atoms in total. The molecule has 2 N–H and O–H groups in total. The Balaban J connectivity index is 1.91. The van der Waals surface area contributed by atoms with Crippen LogP contribution in [-0.4, -0.2) is 18.4 Å². The Kier molecular flexibility index (Phi) is 6.44.